The fourth-order valence-corrected chi connectivity index (χ4v) is 6.14. The minimum atomic E-state index is -3.40. The van der Waals surface area contributed by atoms with E-state index in [9.17, 15) is 13.2 Å². The minimum Gasteiger partial charge on any atom is -0.469 e. The van der Waals surface area contributed by atoms with Crippen LogP contribution < -0.4 is 0 Å². The third-order valence-electron chi connectivity index (χ3n) is 4.53. The summed E-state index contributed by atoms with van der Waals surface area (Å²) in [5.74, 6) is -0.107. The second-order valence-corrected chi connectivity index (χ2v) is 8.56. The predicted octanol–water partition coefficient (Wildman–Crippen LogP) is 1.64. The van der Waals surface area contributed by atoms with Crippen molar-refractivity contribution in [1.82, 2.24) is 4.31 Å². The standard InChI is InChI=1S/C14H25NO4S/c1-10-7-11(2)9-15(8-10)20(17,18)13-6-4-5-12(13)14(16)19-3/h10-13H,4-9H2,1-3H3/t10-,11+,12-,13-/m1/s1. The monoisotopic (exact) mass is 303 g/mol. The number of hydrogen-bond donors (Lipinski definition) is 0. The van der Waals surface area contributed by atoms with Crippen molar-refractivity contribution in [1.29, 1.82) is 0 Å². The largest absolute Gasteiger partial charge is 0.469 e. The number of ether oxygens (including phenoxy) is 1. The van der Waals surface area contributed by atoms with Gasteiger partial charge in [-0.2, -0.15) is 0 Å². The summed E-state index contributed by atoms with van der Waals surface area (Å²) < 4.78 is 32.0. The number of sulfonamides is 1. The van der Waals surface area contributed by atoms with Crippen molar-refractivity contribution in [2.45, 2.75) is 44.8 Å². The van der Waals surface area contributed by atoms with Crippen LogP contribution in [0.25, 0.3) is 0 Å². The average molecular weight is 303 g/mol. The van der Waals surface area contributed by atoms with Crippen molar-refractivity contribution < 1.29 is 17.9 Å². The highest BCUT2D eigenvalue weighted by Gasteiger charge is 2.45. The number of rotatable bonds is 3. The van der Waals surface area contributed by atoms with Crippen LogP contribution in [0.3, 0.4) is 0 Å². The van der Waals surface area contributed by atoms with E-state index in [1.165, 1.54) is 7.11 Å². The Morgan fingerprint density at radius 3 is 2.30 bits per heavy atom. The van der Waals surface area contributed by atoms with Gasteiger partial charge in [-0.05, 0) is 31.1 Å². The molecule has 4 atom stereocenters. The molecule has 1 aliphatic carbocycles. The Morgan fingerprint density at radius 2 is 1.75 bits per heavy atom. The Hall–Kier alpha value is -0.620. The normalized spacial score (nSPS) is 36.0. The molecule has 2 aliphatic rings. The van der Waals surface area contributed by atoms with E-state index in [1.807, 2.05) is 0 Å². The number of carbonyl (C=O) groups is 1. The first-order chi connectivity index (χ1) is 9.36. The lowest BCUT2D eigenvalue weighted by Gasteiger charge is -2.36. The molecule has 0 radical (unpaired) electrons. The number of esters is 1. The molecule has 0 unspecified atom stereocenters. The van der Waals surface area contributed by atoms with Gasteiger partial charge in [-0.3, -0.25) is 4.79 Å². The smallest absolute Gasteiger partial charge is 0.310 e. The highest BCUT2D eigenvalue weighted by molar-refractivity contribution is 7.89. The highest BCUT2D eigenvalue weighted by Crippen LogP contribution is 2.35. The molecule has 0 bridgehead atoms. The molecule has 1 aliphatic heterocycles. The lowest BCUT2D eigenvalue weighted by Crippen LogP contribution is -2.48. The molecule has 5 nitrogen and oxygen atoms in total. The van der Waals surface area contributed by atoms with Crippen molar-refractivity contribution >= 4 is 16.0 Å². The molecule has 1 saturated heterocycles. The van der Waals surface area contributed by atoms with Gasteiger partial charge in [0.2, 0.25) is 10.0 Å². The van der Waals surface area contributed by atoms with Crippen molar-refractivity contribution in [3.8, 4) is 0 Å². The summed E-state index contributed by atoms with van der Waals surface area (Å²) in [6.07, 6.45) is 3.04. The average Bonchev–Trinajstić information content (AvgIpc) is 2.86. The molecule has 1 saturated carbocycles. The molecule has 20 heavy (non-hydrogen) atoms. The van der Waals surface area contributed by atoms with Crippen molar-refractivity contribution in [3.05, 3.63) is 0 Å². The molecule has 0 amide bonds. The van der Waals surface area contributed by atoms with Crippen molar-refractivity contribution in [2.24, 2.45) is 17.8 Å². The van der Waals surface area contributed by atoms with Crippen LogP contribution in [0.1, 0.15) is 39.5 Å². The molecule has 0 aromatic heterocycles. The molecule has 116 valence electrons. The first-order valence-electron chi connectivity index (χ1n) is 7.43. The molecule has 0 spiro atoms. The van der Waals surface area contributed by atoms with Crippen LogP contribution >= 0.6 is 0 Å². The number of nitrogens with zero attached hydrogens (tertiary/aromatic N) is 1. The topological polar surface area (TPSA) is 63.7 Å². The van der Waals surface area contributed by atoms with E-state index < -0.39 is 21.2 Å². The van der Waals surface area contributed by atoms with E-state index in [2.05, 4.69) is 13.8 Å². The molecule has 0 N–H and O–H groups in total. The fourth-order valence-electron chi connectivity index (χ4n) is 3.71. The van der Waals surface area contributed by atoms with Crippen LogP contribution in [-0.4, -0.2) is 44.1 Å². The van der Waals surface area contributed by atoms with Gasteiger partial charge in [-0.1, -0.05) is 20.3 Å². The minimum absolute atomic E-state index is 0.380. The van der Waals surface area contributed by atoms with Gasteiger partial charge in [0.05, 0.1) is 18.3 Å². The SMILES string of the molecule is COC(=O)[C@@H]1CCC[C@H]1S(=O)(=O)N1C[C@H](C)C[C@H](C)C1. The second kappa shape index (κ2) is 6.02. The Balaban J connectivity index is 2.19. The number of hydrogen-bond acceptors (Lipinski definition) is 4. The zero-order chi connectivity index (χ0) is 14.9. The lowest BCUT2D eigenvalue weighted by atomic mass is 9.94. The van der Waals surface area contributed by atoms with Crippen LogP contribution in [0.15, 0.2) is 0 Å². The summed E-state index contributed by atoms with van der Waals surface area (Å²) in [7, 11) is -2.07. The van der Waals surface area contributed by atoms with E-state index in [1.54, 1.807) is 4.31 Å². The van der Waals surface area contributed by atoms with Crippen LogP contribution in [0, 0.1) is 17.8 Å². The molecule has 2 fully saturated rings. The van der Waals surface area contributed by atoms with E-state index in [0.29, 0.717) is 37.8 Å². The van der Waals surface area contributed by atoms with Crippen LogP contribution in [0.2, 0.25) is 0 Å². The number of piperidine rings is 1. The Kier molecular flexibility index (Phi) is 4.74. The summed E-state index contributed by atoms with van der Waals surface area (Å²) in [6, 6.07) is 0. The zero-order valence-corrected chi connectivity index (χ0v) is 13.4. The summed E-state index contributed by atoms with van der Waals surface area (Å²) in [4.78, 5) is 11.8. The molecule has 0 aromatic rings. The maximum atomic E-state index is 12.8. The van der Waals surface area contributed by atoms with Gasteiger partial charge in [0.25, 0.3) is 0 Å². The van der Waals surface area contributed by atoms with Gasteiger partial charge in [-0.25, -0.2) is 12.7 Å². The van der Waals surface area contributed by atoms with Gasteiger partial charge in [0.1, 0.15) is 0 Å². The zero-order valence-electron chi connectivity index (χ0n) is 12.5. The van der Waals surface area contributed by atoms with Gasteiger partial charge < -0.3 is 4.74 Å². The second-order valence-electron chi connectivity index (χ2n) is 6.41. The highest BCUT2D eigenvalue weighted by atomic mass is 32.2. The summed E-state index contributed by atoms with van der Waals surface area (Å²) in [6.45, 7) is 5.34. The lowest BCUT2D eigenvalue weighted by molar-refractivity contribution is -0.145. The third-order valence-corrected chi connectivity index (χ3v) is 6.88. The van der Waals surface area contributed by atoms with Gasteiger partial charge >= 0.3 is 5.97 Å². The molecule has 2 rings (SSSR count). The maximum absolute atomic E-state index is 12.8. The summed E-state index contributed by atoms with van der Waals surface area (Å²) in [5.41, 5.74) is 0. The van der Waals surface area contributed by atoms with Gasteiger partial charge in [-0.15, -0.1) is 0 Å². The Bertz CT molecular complexity index is 452. The Morgan fingerprint density at radius 1 is 1.15 bits per heavy atom. The summed E-state index contributed by atoms with van der Waals surface area (Å²) >= 11 is 0. The fraction of sp³-hybridized carbons (Fsp3) is 0.929. The van der Waals surface area contributed by atoms with E-state index in [-0.39, 0.29) is 5.97 Å². The van der Waals surface area contributed by atoms with Crippen LogP contribution in [-0.2, 0) is 19.6 Å². The molecule has 0 aromatic carbocycles. The quantitative estimate of drug-likeness (QED) is 0.744. The number of carbonyl (C=O) groups excluding carboxylic acids is 1. The molecular weight excluding hydrogens is 278 g/mol. The van der Waals surface area contributed by atoms with E-state index >= 15 is 0 Å². The van der Waals surface area contributed by atoms with E-state index in [4.69, 9.17) is 4.74 Å². The van der Waals surface area contributed by atoms with Gasteiger partial charge in [0, 0.05) is 13.1 Å². The van der Waals surface area contributed by atoms with Crippen molar-refractivity contribution in [2.75, 3.05) is 20.2 Å². The first kappa shape index (κ1) is 15.8. The van der Waals surface area contributed by atoms with Gasteiger partial charge in [0.15, 0.2) is 0 Å². The first-order valence-corrected chi connectivity index (χ1v) is 8.93. The summed E-state index contributed by atoms with van der Waals surface area (Å²) in [5, 5.41) is -0.590. The Labute approximate surface area is 121 Å². The molecule has 6 heteroatoms. The third kappa shape index (κ3) is 3.01. The van der Waals surface area contributed by atoms with Crippen LogP contribution in [0.5, 0.6) is 0 Å². The number of methoxy groups -OCH3 is 1. The molecule has 1 heterocycles. The molecular formula is C14H25NO4S. The van der Waals surface area contributed by atoms with Crippen LogP contribution in [0.4, 0.5) is 0 Å². The van der Waals surface area contributed by atoms with Crippen molar-refractivity contribution in [3.63, 3.8) is 0 Å². The maximum Gasteiger partial charge on any atom is 0.310 e. The van der Waals surface area contributed by atoms with E-state index in [0.717, 1.165) is 12.8 Å². The predicted molar refractivity (Wildman–Crippen MR) is 76.6 cm³/mol.